The fourth-order valence-electron chi connectivity index (χ4n) is 4.21. The number of hydrogen-bond acceptors (Lipinski definition) is 5. The number of aromatic nitrogens is 1. The topological polar surface area (TPSA) is 60.9 Å². The Morgan fingerprint density at radius 1 is 0.925 bits per heavy atom. The summed E-state index contributed by atoms with van der Waals surface area (Å²) < 4.78 is 17.9. The number of nitrogens with zero attached hydrogens (tertiary/aromatic N) is 2. The van der Waals surface area contributed by atoms with Crippen LogP contribution in [0.25, 0.3) is 11.1 Å². The zero-order valence-corrected chi connectivity index (χ0v) is 27.4. The second kappa shape index (κ2) is 11.7. The van der Waals surface area contributed by atoms with Gasteiger partial charge in [0.05, 0.1) is 19.3 Å². The van der Waals surface area contributed by atoms with E-state index >= 15 is 0 Å². The van der Waals surface area contributed by atoms with Crippen LogP contribution in [-0.4, -0.2) is 32.1 Å². The number of carbonyl (C=O) groups is 1. The third kappa shape index (κ3) is 7.45. The van der Waals surface area contributed by atoms with E-state index in [1.165, 1.54) is 0 Å². The molecule has 7 heteroatoms. The molecule has 0 unspecified atom stereocenters. The van der Waals surface area contributed by atoms with Crippen LogP contribution in [0.1, 0.15) is 63.9 Å². The van der Waals surface area contributed by atoms with E-state index in [1.807, 2.05) is 65.8 Å². The van der Waals surface area contributed by atoms with Gasteiger partial charge in [-0.3, -0.25) is 9.88 Å². The number of rotatable bonds is 7. The highest BCUT2D eigenvalue weighted by atomic mass is 28.4. The van der Waals surface area contributed by atoms with E-state index < -0.39 is 20.0 Å². The molecule has 0 aliphatic heterocycles. The predicted molar refractivity (Wildman–Crippen MR) is 167 cm³/mol. The number of amides is 1. The Morgan fingerprint density at radius 2 is 1.55 bits per heavy atom. The van der Waals surface area contributed by atoms with Crippen LogP contribution in [0.15, 0.2) is 48.7 Å². The van der Waals surface area contributed by atoms with Gasteiger partial charge in [0, 0.05) is 23.0 Å². The standard InChI is InChI=1S/C33H46N2O4Si/c1-22-17-26(25-13-15-28(16-14-25)39-40(11,12)33(7,8)9)19-27(18-22)35(31(36)38-32(4,5)6)21-29-24(3)30(37-10)23(2)20-34-29/h13-20H,21H2,1-12H3. The first kappa shape index (κ1) is 31.2. The van der Waals surface area contributed by atoms with E-state index in [0.717, 1.165) is 50.7 Å². The molecule has 216 valence electrons. The maximum atomic E-state index is 13.5. The zero-order chi connectivity index (χ0) is 30.0. The monoisotopic (exact) mass is 562 g/mol. The predicted octanol–water partition coefficient (Wildman–Crippen LogP) is 9.01. The van der Waals surface area contributed by atoms with E-state index in [2.05, 4.69) is 57.0 Å². The van der Waals surface area contributed by atoms with Crippen molar-refractivity contribution >= 4 is 20.1 Å². The Kier molecular flexibility index (Phi) is 9.09. The Bertz CT molecular complexity index is 1350. The van der Waals surface area contributed by atoms with Gasteiger partial charge in [-0.05, 0) is 101 Å². The summed E-state index contributed by atoms with van der Waals surface area (Å²) in [6.07, 6.45) is 1.35. The lowest BCUT2D eigenvalue weighted by molar-refractivity contribution is 0.0577. The number of pyridine rings is 1. The molecule has 1 aromatic heterocycles. The second-order valence-corrected chi connectivity index (χ2v) is 17.8. The molecule has 1 amide bonds. The second-order valence-electron chi connectivity index (χ2n) is 13.1. The summed E-state index contributed by atoms with van der Waals surface area (Å²) in [5.41, 5.74) is 5.79. The molecular formula is C33H46N2O4Si. The first-order valence-electron chi connectivity index (χ1n) is 13.8. The average Bonchev–Trinajstić information content (AvgIpc) is 2.82. The molecule has 0 saturated heterocycles. The van der Waals surface area contributed by atoms with Gasteiger partial charge in [0.2, 0.25) is 8.32 Å². The Labute approximate surface area is 241 Å². The fourth-order valence-corrected chi connectivity index (χ4v) is 5.24. The van der Waals surface area contributed by atoms with Crippen molar-refractivity contribution in [1.29, 1.82) is 0 Å². The van der Waals surface area contributed by atoms with E-state index in [9.17, 15) is 4.79 Å². The van der Waals surface area contributed by atoms with Gasteiger partial charge in [0.25, 0.3) is 0 Å². The molecule has 3 rings (SSSR count). The molecule has 0 bridgehead atoms. The Balaban J connectivity index is 2.02. The maximum absolute atomic E-state index is 13.5. The summed E-state index contributed by atoms with van der Waals surface area (Å²) in [6, 6.07) is 14.4. The van der Waals surface area contributed by atoms with Crippen molar-refractivity contribution in [3.05, 3.63) is 71.0 Å². The number of ether oxygens (including phenoxy) is 2. The smallest absolute Gasteiger partial charge is 0.415 e. The number of carbonyl (C=O) groups excluding carboxylic acids is 1. The van der Waals surface area contributed by atoms with Crippen LogP contribution in [0.3, 0.4) is 0 Å². The third-order valence-electron chi connectivity index (χ3n) is 7.41. The minimum atomic E-state index is -1.93. The van der Waals surface area contributed by atoms with Crippen LogP contribution in [0.5, 0.6) is 11.5 Å². The van der Waals surface area contributed by atoms with Crippen molar-refractivity contribution in [2.45, 2.75) is 92.6 Å². The van der Waals surface area contributed by atoms with Crippen molar-refractivity contribution in [2.75, 3.05) is 12.0 Å². The Hall–Kier alpha value is -3.32. The minimum absolute atomic E-state index is 0.122. The number of aryl methyl sites for hydroxylation is 2. The van der Waals surface area contributed by atoms with E-state index in [4.69, 9.17) is 13.9 Å². The molecule has 0 spiro atoms. The summed E-state index contributed by atoms with van der Waals surface area (Å²) in [6.45, 7) is 23.0. The summed E-state index contributed by atoms with van der Waals surface area (Å²) in [5.74, 6) is 1.66. The van der Waals surface area contributed by atoms with Gasteiger partial charge < -0.3 is 13.9 Å². The average molecular weight is 563 g/mol. The molecule has 0 saturated carbocycles. The van der Waals surface area contributed by atoms with Gasteiger partial charge in [-0.15, -0.1) is 0 Å². The van der Waals surface area contributed by atoms with Gasteiger partial charge in [-0.2, -0.15) is 0 Å². The van der Waals surface area contributed by atoms with Crippen LogP contribution in [-0.2, 0) is 11.3 Å². The van der Waals surface area contributed by atoms with Crippen molar-refractivity contribution < 1.29 is 18.7 Å². The Morgan fingerprint density at radius 3 is 2.10 bits per heavy atom. The van der Waals surface area contributed by atoms with Crippen molar-refractivity contribution in [2.24, 2.45) is 0 Å². The molecule has 40 heavy (non-hydrogen) atoms. The summed E-state index contributed by atoms with van der Waals surface area (Å²) in [7, 11) is -0.280. The molecule has 0 fully saturated rings. The van der Waals surface area contributed by atoms with Gasteiger partial charge in [0.15, 0.2) is 0 Å². The van der Waals surface area contributed by atoms with Crippen LogP contribution in [0.2, 0.25) is 18.1 Å². The number of anilines is 1. The first-order valence-corrected chi connectivity index (χ1v) is 16.7. The lowest BCUT2D eigenvalue weighted by atomic mass is 10.0. The summed E-state index contributed by atoms with van der Waals surface area (Å²) in [5, 5.41) is 0.122. The van der Waals surface area contributed by atoms with Crippen LogP contribution in [0.4, 0.5) is 10.5 Å². The molecule has 0 aliphatic carbocycles. The molecule has 0 radical (unpaired) electrons. The van der Waals surface area contributed by atoms with Crippen LogP contribution >= 0.6 is 0 Å². The number of benzene rings is 2. The SMILES string of the molecule is COc1c(C)cnc(CN(C(=O)OC(C)(C)C)c2cc(C)cc(-c3ccc(O[Si](C)(C)C(C)(C)C)cc3)c2)c1C. The lowest BCUT2D eigenvalue weighted by Gasteiger charge is -2.36. The van der Waals surface area contributed by atoms with Crippen molar-refractivity contribution in [3.63, 3.8) is 0 Å². The maximum Gasteiger partial charge on any atom is 0.415 e. The first-order chi connectivity index (χ1) is 18.4. The van der Waals surface area contributed by atoms with Crippen LogP contribution in [0, 0.1) is 20.8 Å². The van der Waals surface area contributed by atoms with Gasteiger partial charge >= 0.3 is 6.09 Å². The highest BCUT2D eigenvalue weighted by Crippen LogP contribution is 2.38. The molecule has 2 aromatic carbocycles. The van der Waals surface area contributed by atoms with Gasteiger partial charge in [-0.1, -0.05) is 39.0 Å². The van der Waals surface area contributed by atoms with Crippen molar-refractivity contribution in [3.8, 4) is 22.6 Å². The number of hydrogen-bond donors (Lipinski definition) is 0. The van der Waals surface area contributed by atoms with E-state index in [0.29, 0.717) is 0 Å². The molecule has 6 nitrogen and oxygen atoms in total. The summed E-state index contributed by atoms with van der Waals surface area (Å²) >= 11 is 0. The quantitative estimate of drug-likeness (QED) is 0.269. The normalized spacial score (nSPS) is 12.2. The van der Waals surface area contributed by atoms with Gasteiger partial charge in [-0.25, -0.2) is 4.79 Å². The third-order valence-corrected chi connectivity index (χ3v) is 11.8. The highest BCUT2D eigenvalue weighted by molar-refractivity contribution is 6.74. The largest absolute Gasteiger partial charge is 0.544 e. The fraction of sp³-hybridized carbons (Fsp3) is 0.455. The zero-order valence-electron chi connectivity index (χ0n) is 26.4. The molecule has 3 aromatic rings. The molecule has 0 atom stereocenters. The molecule has 0 aliphatic rings. The summed E-state index contributed by atoms with van der Waals surface area (Å²) in [4.78, 5) is 19.8. The minimum Gasteiger partial charge on any atom is -0.544 e. The lowest BCUT2D eigenvalue weighted by Crippen LogP contribution is -2.43. The molecule has 0 N–H and O–H groups in total. The number of methoxy groups -OCH3 is 1. The van der Waals surface area contributed by atoms with Crippen molar-refractivity contribution in [1.82, 2.24) is 4.98 Å². The van der Waals surface area contributed by atoms with Gasteiger partial charge in [0.1, 0.15) is 17.1 Å². The van der Waals surface area contributed by atoms with E-state index in [1.54, 1.807) is 18.2 Å². The highest BCUT2D eigenvalue weighted by Gasteiger charge is 2.39. The van der Waals surface area contributed by atoms with E-state index in [-0.39, 0.29) is 11.6 Å². The molecular weight excluding hydrogens is 516 g/mol. The molecule has 1 heterocycles. The van der Waals surface area contributed by atoms with Crippen LogP contribution < -0.4 is 14.1 Å².